The topological polar surface area (TPSA) is 74.3 Å². The van der Waals surface area contributed by atoms with Gasteiger partial charge in [-0.15, -0.1) is 0 Å². The van der Waals surface area contributed by atoms with Crippen LogP contribution < -0.4 is 19.7 Å². The van der Waals surface area contributed by atoms with Gasteiger partial charge in [0, 0.05) is 25.3 Å². The van der Waals surface area contributed by atoms with Crippen molar-refractivity contribution in [1.82, 2.24) is 10.2 Å². The van der Waals surface area contributed by atoms with Crippen molar-refractivity contribution in [2.24, 2.45) is 5.92 Å². The van der Waals surface area contributed by atoms with Crippen LogP contribution in [0.2, 0.25) is 0 Å². The number of carbonyl (C=O) groups is 1. The summed E-state index contributed by atoms with van der Waals surface area (Å²) in [5.74, 6) is 0.856. The number of likely N-dealkylation sites (tertiary alicyclic amines) is 1. The third-order valence-corrected chi connectivity index (χ3v) is 7.98. The normalized spacial score (nSPS) is 21.0. The van der Waals surface area contributed by atoms with Gasteiger partial charge in [-0.2, -0.15) is 0 Å². The second kappa shape index (κ2) is 10.8. The molecule has 3 aliphatic heterocycles. The minimum atomic E-state index is -0.867. The fourth-order valence-electron chi connectivity index (χ4n) is 5.85. The van der Waals surface area contributed by atoms with E-state index in [0.717, 1.165) is 55.4 Å². The van der Waals surface area contributed by atoms with Gasteiger partial charge in [0.05, 0.1) is 12.0 Å². The first kappa shape index (κ1) is 24.9. The number of hydrogen-bond acceptors (Lipinski definition) is 6. The lowest BCUT2D eigenvalue weighted by molar-refractivity contribution is -0.126. The molecule has 6 rings (SSSR count). The number of carbonyl (C=O) groups excluding carboxylic acids is 1. The lowest BCUT2D eigenvalue weighted by Gasteiger charge is -2.30. The molecule has 0 aliphatic carbocycles. The highest BCUT2D eigenvalue weighted by Gasteiger charge is 2.33. The van der Waals surface area contributed by atoms with Crippen LogP contribution in [0, 0.1) is 11.7 Å². The summed E-state index contributed by atoms with van der Waals surface area (Å²) in [5, 5.41) is 16.4. The number of fused-ring (bicyclic) bond motifs is 2. The Bertz CT molecular complexity index is 1310. The fraction of sp³-hybridized carbons (Fsp3) is 0.433. The van der Waals surface area contributed by atoms with E-state index in [-0.39, 0.29) is 17.6 Å². The van der Waals surface area contributed by atoms with Gasteiger partial charge in [-0.05, 0) is 85.1 Å². The molecule has 0 bridgehead atoms. The number of aliphatic hydroxyl groups excluding tert-OH is 1. The van der Waals surface area contributed by atoms with Gasteiger partial charge >= 0.3 is 0 Å². The molecule has 3 aromatic carbocycles. The Balaban J connectivity index is 1.15. The van der Waals surface area contributed by atoms with Crippen molar-refractivity contribution in [3.63, 3.8) is 0 Å². The summed E-state index contributed by atoms with van der Waals surface area (Å²) >= 11 is 0. The van der Waals surface area contributed by atoms with Gasteiger partial charge in [-0.3, -0.25) is 4.79 Å². The summed E-state index contributed by atoms with van der Waals surface area (Å²) in [7, 11) is 0. The predicted molar refractivity (Wildman–Crippen MR) is 144 cm³/mol. The molecule has 0 spiro atoms. The van der Waals surface area contributed by atoms with Gasteiger partial charge in [0.15, 0.2) is 11.5 Å². The van der Waals surface area contributed by atoms with Crippen molar-refractivity contribution < 1.29 is 23.8 Å². The molecule has 3 aromatic rings. The Hall–Kier alpha value is -3.36. The van der Waals surface area contributed by atoms with Gasteiger partial charge in [-0.25, -0.2) is 4.39 Å². The number of aliphatic hydroxyl groups is 1. The van der Waals surface area contributed by atoms with Gasteiger partial charge in [-0.1, -0.05) is 18.2 Å². The van der Waals surface area contributed by atoms with Crippen molar-refractivity contribution in [2.45, 2.75) is 31.4 Å². The lowest BCUT2D eigenvalue weighted by atomic mass is 9.99. The maximum Gasteiger partial charge on any atom is 0.225 e. The van der Waals surface area contributed by atoms with Crippen LogP contribution in [0.4, 0.5) is 10.1 Å². The maximum absolute atomic E-state index is 13.6. The maximum atomic E-state index is 13.6. The number of anilines is 1. The van der Waals surface area contributed by atoms with Gasteiger partial charge in [0.25, 0.3) is 0 Å². The molecule has 0 aromatic heterocycles. The molecule has 2 fully saturated rings. The molecule has 0 radical (unpaired) electrons. The Morgan fingerprint density at radius 3 is 2.58 bits per heavy atom. The van der Waals surface area contributed by atoms with Crippen LogP contribution >= 0.6 is 0 Å². The molecule has 38 heavy (non-hydrogen) atoms. The van der Waals surface area contributed by atoms with Crippen molar-refractivity contribution in [1.29, 1.82) is 0 Å². The lowest BCUT2D eigenvalue weighted by Crippen LogP contribution is -2.48. The van der Waals surface area contributed by atoms with Gasteiger partial charge in [0.1, 0.15) is 25.1 Å². The van der Waals surface area contributed by atoms with E-state index in [0.29, 0.717) is 43.4 Å². The average molecular weight is 520 g/mol. The molecule has 2 N–H and O–H groups in total. The van der Waals surface area contributed by atoms with Crippen molar-refractivity contribution >= 4 is 22.4 Å². The second-order valence-electron chi connectivity index (χ2n) is 10.6. The summed E-state index contributed by atoms with van der Waals surface area (Å²) in [6.45, 7) is 4.92. The van der Waals surface area contributed by atoms with E-state index in [4.69, 9.17) is 9.47 Å². The molecule has 7 nitrogen and oxygen atoms in total. The Morgan fingerprint density at radius 2 is 1.74 bits per heavy atom. The highest BCUT2D eigenvalue weighted by molar-refractivity contribution is 5.86. The Morgan fingerprint density at radius 1 is 0.974 bits per heavy atom. The quantitative estimate of drug-likeness (QED) is 0.494. The van der Waals surface area contributed by atoms with E-state index >= 15 is 0 Å². The SMILES string of the molecule is O=C(NC(CN1CCCC1)C(O)c1ccc2c(c1)OCCO2)C1CCN(c2ccc3cc(F)ccc3c2)C1. The molecule has 3 unspecified atom stereocenters. The zero-order valence-corrected chi connectivity index (χ0v) is 21.4. The monoisotopic (exact) mass is 519 g/mol. The highest BCUT2D eigenvalue weighted by Crippen LogP contribution is 2.34. The summed E-state index contributed by atoms with van der Waals surface area (Å²) in [6.07, 6.45) is 2.14. The molecule has 3 atom stereocenters. The third kappa shape index (κ3) is 5.28. The Kier molecular flexibility index (Phi) is 7.08. The van der Waals surface area contributed by atoms with Crippen LogP contribution in [-0.2, 0) is 4.79 Å². The van der Waals surface area contributed by atoms with E-state index in [2.05, 4.69) is 21.2 Å². The van der Waals surface area contributed by atoms with Crippen LogP contribution in [-0.4, -0.2) is 67.9 Å². The van der Waals surface area contributed by atoms with Crippen molar-refractivity contribution in [3.8, 4) is 11.5 Å². The van der Waals surface area contributed by atoms with E-state index < -0.39 is 12.1 Å². The minimum Gasteiger partial charge on any atom is -0.486 e. The van der Waals surface area contributed by atoms with Crippen LogP contribution in [0.1, 0.15) is 30.9 Å². The smallest absolute Gasteiger partial charge is 0.225 e. The first-order chi connectivity index (χ1) is 18.5. The fourth-order valence-corrected chi connectivity index (χ4v) is 5.85. The van der Waals surface area contributed by atoms with Crippen LogP contribution in [0.3, 0.4) is 0 Å². The molecule has 3 heterocycles. The number of hydrogen-bond donors (Lipinski definition) is 2. The zero-order chi connectivity index (χ0) is 26.1. The third-order valence-electron chi connectivity index (χ3n) is 7.98. The number of ether oxygens (including phenoxy) is 2. The number of benzene rings is 3. The molecular formula is C30H34FN3O4. The molecule has 3 aliphatic rings. The van der Waals surface area contributed by atoms with Gasteiger partial charge < -0.3 is 29.7 Å². The van der Waals surface area contributed by atoms with Crippen molar-refractivity contribution in [3.05, 3.63) is 66.0 Å². The number of nitrogens with one attached hydrogen (secondary N) is 1. The van der Waals surface area contributed by atoms with E-state index in [1.807, 2.05) is 30.3 Å². The van der Waals surface area contributed by atoms with E-state index in [1.165, 1.54) is 12.1 Å². The average Bonchev–Trinajstić information content (AvgIpc) is 3.64. The highest BCUT2D eigenvalue weighted by atomic mass is 19.1. The first-order valence-corrected chi connectivity index (χ1v) is 13.6. The number of nitrogens with zero attached hydrogens (tertiary/aromatic N) is 2. The zero-order valence-electron chi connectivity index (χ0n) is 21.4. The molecule has 200 valence electrons. The molecule has 8 heteroatoms. The van der Waals surface area contributed by atoms with E-state index in [1.54, 1.807) is 6.07 Å². The standard InChI is InChI=1S/C30H34FN3O4/c31-24-6-3-21-16-25(7-4-20(21)15-24)34-12-9-23(18-34)30(36)32-26(19-33-10-1-2-11-33)29(35)22-5-8-27-28(17-22)38-14-13-37-27/h3-8,15-17,23,26,29,35H,1-2,9-14,18-19H2,(H,32,36). The van der Waals surface area contributed by atoms with Crippen molar-refractivity contribution in [2.75, 3.05) is 50.8 Å². The summed E-state index contributed by atoms with van der Waals surface area (Å²) < 4.78 is 24.9. The number of rotatable bonds is 7. The minimum absolute atomic E-state index is 0.0313. The van der Waals surface area contributed by atoms with E-state index in [9.17, 15) is 14.3 Å². The summed E-state index contributed by atoms with van der Waals surface area (Å²) in [5.41, 5.74) is 1.74. The summed E-state index contributed by atoms with van der Waals surface area (Å²) in [6, 6.07) is 15.8. The molecule has 0 saturated carbocycles. The predicted octanol–water partition coefficient (Wildman–Crippen LogP) is 3.89. The van der Waals surface area contributed by atoms with Crippen LogP contribution in [0.25, 0.3) is 10.8 Å². The van der Waals surface area contributed by atoms with Crippen LogP contribution in [0.15, 0.2) is 54.6 Å². The molecule has 2 saturated heterocycles. The summed E-state index contributed by atoms with van der Waals surface area (Å²) in [4.78, 5) is 18.0. The number of amides is 1. The van der Waals surface area contributed by atoms with Gasteiger partial charge in [0.2, 0.25) is 5.91 Å². The first-order valence-electron chi connectivity index (χ1n) is 13.6. The second-order valence-corrected chi connectivity index (χ2v) is 10.6. The molecular weight excluding hydrogens is 485 g/mol. The molecule has 1 amide bonds. The largest absolute Gasteiger partial charge is 0.486 e. The Labute approximate surface area is 222 Å². The van der Waals surface area contributed by atoms with Crippen LogP contribution in [0.5, 0.6) is 11.5 Å². The number of halogens is 1.